The maximum absolute atomic E-state index is 12.4. The molecule has 0 saturated carbocycles. The predicted molar refractivity (Wildman–Crippen MR) is 70.0 cm³/mol. The van der Waals surface area contributed by atoms with Crippen molar-refractivity contribution < 1.29 is 23.8 Å². The van der Waals surface area contributed by atoms with Crippen molar-refractivity contribution in [3.8, 4) is 11.5 Å². The van der Waals surface area contributed by atoms with E-state index in [1.54, 1.807) is 31.2 Å². The van der Waals surface area contributed by atoms with E-state index in [1.807, 2.05) is 0 Å². The smallest absolute Gasteiger partial charge is 0.331 e. The molecule has 20 heavy (non-hydrogen) atoms. The Balaban J connectivity index is 1.99. The molecule has 0 unspecified atom stereocenters. The Labute approximate surface area is 116 Å². The number of hydrogen-bond acceptors (Lipinski definition) is 5. The number of esters is 1. The van der Waals surface area contributed by atoms with Crippen molar-refractivity contribution in [2.45, 2.75) is 25.0 Å². The molecule has 0 radical (unpaired) electrons. The standard InChI is InChI=1S/C15H14O5/c1-15(12-6-7-13(17)19-12)8-9(16)14-10(18-2)4-3-5-11(14)20-15/h3-7,12H,8H2,1-2H3/t12-,15+/m0/s1. The highest BCUT2D eigenvalue weighted by atomic mass is 16.6. The second-order valence-electron chi connectivity index (χ2n) is 5.06. The summed E-state index contributed by atoms with van der Waals surface area (Å²) in [5.41, 5.74) is -0.445. The van der Waals surface area contributed by atoms with Crippen LogP contribution in [0.5, 0.6) is 11.5 Å². The predicted octanol–water partition coefficient (Wildman–Crippen LogP) is 1.90. The molecule has 0 saturated heterocycles. The third kappa shape index (κ3) is 1.86. The minimum atomic E-state index is -0.890. The molecule has 2 heterocycles. The largest absolute Gasteiger partial charge is 0.496 e. The Hall–Kier alpha value is -2.30. The van der Waals surface area contributed by atoms with Crippen LogP contribution >= 0.6 is 0 Å². The van der Waals surface area contributed by atoms with E-state index in [0.29, 0.717) is 17.1 Å². The van der Waals surface area contributed by atoms with Crippen LogP contribution in [0, 0.1) is 0 Å². The Morgan fingerprint density at radius 1 is 1.35 bits per heavy atom. The first-order valence-electron chi connectivity index (χ1n) is 6.31. The van der Waals surface area contributed by atoms with Gasteiger partial charge in [0.1, 0.15) is 17.1 Å². The number of hydrogen-bond donors (Lipinski definition) is 0. The quantitative estimate of drug-likeness (QED) is 0.771. The van der Waals surface area contributed by atoms with Crippen LogP contribution in [0.2, 0.25) is 0 Å². The molecule has 0 aliphatic carbocycles. The zero-order valence-electron chi connectivity index (χ0n) is 11.2. The molecule has 0 spiro atoms. The molecule has 2 aliphatic rings. The third-order valence-corrected chi connectivity index (χ3v) is 3.59. The van der Waals surface area contributed by atoms with Crippen LogP contribution in [0.25, 0.3) is 0 Å². The van der Waals surface area contributed by atoms with Gasteiger partial charge in [-0.25, -0.2) is 4.79 Å². The van der Waals surface area contributed by atoms with Crippen molar-refractivity contribution >= 4 is 11.8 Å². The van der Waals surface area contributed by atoms with Crippen LogP contribution in [0.3, 0.4) is 0 Å². The van der Waals surface area contributed by atoms with E-state index in [9.17, 15) is 9.59 Å². The van der Waals surface area contributed by atoms with Crippen molar-refractivity contribution in [1.29, 1.82) is 0 Å². The van der Waals surface area contributed by atoms with Crippen molar-refractivity contribution in [1.82, 2.24) is 0 Å². The molecule has 0 N–H and O–H groups in total. The number of cyclic esters (lactones) is 1. The zero-order chi connectivity index (χ0) is 14.3. The van der Waals surface area contributed by atoms with Gasteiger partial charge in [0.05, 0.1) is 13.5 Å². The normalized spacial score (nSPS) is 27.8. The van der Waals surface area contributed by atoms with Crippen molar-refractivity contribution in [3.63, 3.8) is 0 Å². The number of rotatable bonds is 2. The highest BCUT2D eigenvalue weighted by Crippen LogP contribution is 2.41. The first-order chi connectivity index (χ1) is 9.53. The average molecular weight is 274 g/mol. The Kier molecular flexibility index (Phi) is 2.78. The maximum atomic E-state index is 12.4. The van der Waals surface area contributed by atoms with Gasteiger partial charge in [0.2, 0.25) is 0 Å². The summed E-state index contributed by atoms with van der Waals surface area (Å²) in [6.45, 7) is 1.76. The fourth-order valence-electron chi connectivity index (χ4n) is 2.59. The number of fused-ring (bicyclic) bond motifs is 1. The van der Waals surface area contributed by atoms with Gasteiger partial charge in [-0.2, -0.15) is 0 Å². The van der Waals surface area contributed by atoms with Crippen molar-refractivity contribution in [2.75, 3.05) is 7.11 Å². The molecule has 3 rings (SSSR count). The molecule has 0 bridgehead atoms. The van der Waals surface area contributed by atoms with Crippen LogP contribution < -0.4 is 9.47 Å². The highest BCUT2D eigenvalue weighted by Gasteiger charge is 2.46. The van der Waals surface area contributed by atoms with Crippen LogP contribution in [-0.2, 0) is 9.53 Å². The van der Waals surface area contributed by atoms with Gasteiger partial charge in [-0.1, -0.05) is 6.07 Å². The lowest BCUT2D eigenvalue weighted by molar-refractivity contribution is -0.146. The summed E-state index contributed by atoms with van der Waals surface area (Å²) >= 11 is 0. The van der Waals surface area contributed by atoms with E-state index in [4.69, 9.17) is 14.2 Å². The summed E-state index contributed by atoms with van der Waals surface area (Å²) < 4.78 is 16.3. The van der Waals surface area contributed by atoms with Crippen LogP contribution in [0.4, 0.5) is 0 Å². The number of Topliss-reactive ketones (excluding diaryl/α,β-unsaturated/α-hetero) is 1. The number of carbonyl (C=O) groups is 2. The molecule has 0 aromatic heterocycles. The summed E-state index contributed by atoms with van der Waals surface area (Å²) in [4.78, 5) is 23.6. The zero-order valence-corrected chi connectivity index (χ0v) is 11.2. The molecule has 0 amide bonds. The molecule has 2 aliphatic heterocycles. The van der Waals surface area contributed by atoms with E-state index < -0.39 is 17.7 Å². The van der Waals surface area contributed by atoms with Crippen LogP contribution in [0.15, 0.2) is 30.4 Å². The minimum Gasteiger partial charge on any atom is -0.496 e. The molecule has 1 aromatic rings. The molecular weight excluding hydrogens is 260 g/mol. The molecular formula is C15H14O5. The highest BCUT2D eigenvalue weighted by molar-refractivity contribution is 6.03. The van der Waals surface area contributed by atoms with Gasteiger partial charge in [0.15, 0.2) is 17.5 Å². The molecule has 1 aromatic carbocycles. The van der Waals surface area contributed by atoms with Gasteiger partial charge >= 0.3 is 5.97 Å². The monoisotopic (exact) mass is 274 g/mol. The lowest BCUT2D eigenvalue weighted by Gasteiger charge is -2.37. The lowest BCUT2D eigenvalue weighted by Crippen LogP contribution is -2.48. The average Bonchev–Trinajstić information content (AvgIpc) is 2.85. The first-order valence-corrected chi connectivity index (χ1v) is 6.31. The van der Waals surface area contributed by atoms with Gasteiger partial charge in [-0.3, -0.25) is 4.79 Å². The summed E-state index contributed by atoms with van der Waals surface area (Å²) in [5, 5.41) is 0. The molecule has 5 nitrogen and oxygen atoms in total. The number of carbonyl (C=O) groups excluding carboxylic acids is 2. The van der Waals surface area contributed by atoms with E-state index in [0.717, 1.165) is 0 Å². The maximum Gasteiger partial charge on any atom is 0.331 e. The van der Waals surface area contributed by atoms with Crippen molar-refractivity contribution in [2.24, 2.45) is 0 Å². The van der Waals surface area contributed by atoms with Gasteiger partial charge < -0.3 is 14.2 Å². The SMILES string of the molecule is COc1cccc2c1C(=O)C[C@](C)([C@@H]1C=CC(=O)O1)O2. The number of ether oxygens (including phenoxy) is 3. The number of ketones is 1. The Morgan fingerprint density at radius 2 is 2.15 bits per heavy atom. The fourth-order valence-corrected chi connectivity index (χ4v) is 2.59. The fraction of sp³-hybridized carbons (Fsp3) is 0.333. The first kappa shape index (κ1) is 12.7. The molecule has 2 atom stereocenters. The number of benzene rings is 1. The van der Waals surface area contributed by atoms with E-state index in [-0.39, 0.29) is 12.2 Å². The van der Waals surface area contributed by atoms with Crippen LogP contribution in [-0.4, -0.2) is 30.6 Å². The van der Waals surface area contributed by atoms with Crippen molar-refractivity contribution in [3.05, 3.63) is 35.9 Å². The second-order valence-corrected chi connectivity index (χ2v) is 5.06. The lowest BCUT2D eigenvalue weighted by atomic mass is 9.87. The van der Waals surface area contributed by atoms with E-state index in [1.165, 1.54) is 13.2 Å². The summed E-state index contributed by atoms with van der Waals surface area (Å²) in [5.74, 6) is 0.458. The van der Waals surface area contributed by atoms with Gasteiger partial charge in [-0.05, 0) is 25.1 Å². The third-order valence-electron chi connectivity index (χ3n) is 3.59. The van der Waals surface area contributed by atoms with Gasteiger partial charge in [0.25, 0.3) is 0 Å². The van der Waals surface area contributed by atoms with Gasteiger partial charge in [-0.15, -0.1) is 0 Å². The molecule has 0 fully saturated rings. The summed E-state index contributed by atoms with van der Waals surface area (Å²) in [6, 6.07) is 5.19. The van der Waals surface area contributed by atoms with Gasteiger partial charge in [0, 0.05) is 6.08 Å². The topological polar surface area (TPSA) is 61.8 Å². The Morgan fingerprint density at radius 3 is 2.80 bits per heavy atom. The molecule has 104 valence electrons. The van der Waals surface area contributed by atoms with Crippen LogP contribution in [0.1, 0.15) is 23.7 Å². The minimum absolute atomic E-state index is 0.0810. The second kappa shape index (κ2) is 4.37. The van der Waals surface area contributed by atoms with E-state index in [2.05, 4.69) is 0 Å². The summed E-state index contributed by atoms with van der Waals surface area (Å²) in [7, 11) is 1.51. The van der Waals surface area contributed by atoms with E-state index >= 15 is 0 Å². The summed E-state index contributed by atoms with van der Waals surface area (Å²) in [6.07, 6.45) is 2.55. The number of methoxy groups -OCH3 is 1. The molecule has 5 heteroatoms. The Bertz CT molecular complexity index is 619.